The molecule has 0 amide bonds. The summed E-state index contributed by atoms with van der Waals surface area (Å²) in [6.45, 7) is 8.89. The van der Waals surface area contributed by atoms with E-state index in [1.54, 1.807) is 0 Å². The van der Waals surface area contributed by atoms with E-state index in [1.807, 2.05) is 0 Å². The molecule has 1 fully saturated rings. The summed E-state index contributed by atoms with van der Waals surface area (Å²) in [7, 11) is 0. The minimum atomic E-state index is -0.194. The van der Waals surface area contributed by atoms with Crippen molar-refractivity contribution in [3.8, 4) is 0 Å². The van der Waals surface area contributed by atoms with Crippen LogP contribution in [0.1, 0.15) is 40.5 Å². The molecule has 0 aliphatic heterocycles. The van der Waals surface area contributed by atoms with Gasteiger partial charge in [0.05, 0.1) is 6.10 Å². The lowest BCUT2D eigenvalue weighted by Crippen LogP contribution is -2.43. The predicted octanol–water partition coefficient (Wildman–Crippen LogP) is 3.06. The lowest BCUT2D eigenvalue weighted by Gasteiger charge is -2.47. The van der Waals surface area contributed by atoms with Gasteiger partial charge in [-0.25, -0.2) is 0 Å². The molecule has 2 unspecified atom stereocenters. The van der Waals surface area contributed by atoms with Gasteiger partial charge in [-0.1, -0.05) is 37.1 Å². The topological polar surface area (TPSA) is 20.2 Å². The Bertz CT molecular complexity index is 322. The highest BCUT2D eigenvalue weighted by molar-refractivity contribution is 5.44. The standard InChI is InChI=1S/C13H20O/c1-9-5-6-10-12(2,3)8-7-11(14)13(9,10)4/h5-6,11,14H,7-8H2,1-4H3. The van der Waals surface area contributed by atoms with Gasteiger partial charge < -0.3 is 5.11 Å². The van der Waals surface area contributed by atoms with Crippen LogP contribution in [0.3, 0.4) is 0 Å². The number of allylic oxidation sites excluding steroid dienone is 2. The molecule has 1 N–H and O–H groups in total. The zero-order valence-electron chi connectivity index (χ0n) is 9.59. The van der Waals surface area contributed by atoms with Crippen LogP contribution in [0, 0.1) is 10.8 Å². The molecule has 2 aliphatic rings. The third kappa shape index (κ3) is 1.05. The fraction of sp³-hybridized carbons (Fsp3) is 0.692. The molecule has 0 aromatic rings. The van der Waals surface area contributed by atoms with Crippen molar-refractivity contribution in [1.82, 2.24) is 0 Å². The van der Waals surface area contributed by atoms with E-state index in [0.29, 0.717) is 0 Å². The molecule has 0 aromatic carbocycles. The van der Waals surface area contributed by atoms with Crippen LogP contribution in [0.15, 0.2) is 23.3 Å². The monoisotopic (exact) mass is 192 g/mol. The first-order valence-corrected chi connectivity index (χ1v) is 5.47. The molecular formula is C13H20O. The van der Waals surface area contributed by atoms with E-state index < -0.39 is 0 Å². The minimum Gasteiger partial charge on any atom is -0.392 e. The largest absolute Gasteiger partial charge is 0.392 e. The van der Waals surface area contributed by atoms with Crippen LogP contribution >= 0.6 is 0 Å². The van der Waals surface area contributed by atoms with Crippen LogP contribution in [0.2, 0.25) is 0 Å². The molecule has 1 nitrogen and oxygen atoms in total. The Balaban J connectivity index is 2.48. The van der Waals surface area contributed by atoms with Gasteiger partial charge in [0, 0.05) is 5.41 Å². The molecule has 1 heteroatoms. The van der Waals surface area contributed by atoms with Crippen molar-refractivity contribution in [2.45, 2.75) is 46.6 Å². The Hall–Kier alpha value is -0.560. The van der Waals surface area contributed by atoms with E-state index in [2.05, 4.69) is 39.8 Å². The molecule has 0 saturated heterocycles. The third-order valence-electron chi connectivity index (χ3n) is 4.32. The van der Waals surface area contributed by atoms with E-state index in [0.717, 1.165) is 12.8 Å². The van der Waals surface area contributed by atoms with Gasteiger partial charge in [0.15, 0.2) is 0 Å². The van der Waals surface area contributed by atoms with E-state index in [4.69, 9.17) is 0 Å². The normalized spacial score (nSPS) is 40.2. The van der Waals surface area contributed by atoms with Crippen LogP contribution in [0.25, 0.3) is 0 Å². The number of fused-ring (bicyclic) bond motifs is 1. The maximum atomic E-state index is 10.2. The molecule has 0 bridgehead atoms. The van der Waals surface area contributed by atoms with Gasteiger partial charge in [0.25, 0.3) is 0 Å². The quantitative estimate of drug-likeness (QED) is 0.625. The first-order valence-electron chi connectivity index (χ1n) is 5.47. The van der Waals surface area contributed by atoms with E-state index >= 15 is 0 Å². The SMILES string of the molecule is CC1=CC=C2C(C)(C)CCC(O)C12C. The summed E-state index contributed by atoms with van der Waals surface area (Å²) in [6.07, 6.45) is 6.21. The highest BCUT2D eigenvalue weighted by Gasteiger charge is 2.49. The third-order valence-corrected chi connectivity index (χ3v) is 4.32. The summed E-state index contributed by atoms with van der Waals surface area (Å²) < 4.78 is 0. The molecular weight excluding hydrogens is 172 g/mol. The molecule has 2 atom stereocenters. The summed E-state index contributed by atoms with van der Waals surface area (Å²) in [4.78, 5) is 0. The van der Waals surface area contributed by atoms with Gasteiger partial charge >= 0.3 is 0 Å². The van der Waals surface area contributed by atoms with Crippen LogP contribution in [0.5, 0.6) is 0 Å². The molecule has 2 rings (SSSR count). The smallest absolute Gasteiger partial charge is 0.0668 e. The van der Waals surface area contributed by atoms with Crippen molar-refractivity contribution in [3.05, 3.63) is 23.3 Å². The van der Waals surface area contributed by atoms with Crippen molar-refractivity contribution in [2.24, 2.45) is 10.8 Å². The lowest BCUT2D eigenvalue weighted by molar-refractivity contribution is 0.0305. The summed E-state index contributed by atoms with van der Waals surface area (Å²) in [5, 5.41) is 10.2. The zero-order chi connectivity index (χ0) is 10.6. The summed E-state index contributed by atoms with van der Waals surface area (Å²) in [5.74, 6) is 0. The van der Waals surface area contributed by atoms with Crippen molar-refractivity contribution < 1.29 is 5.11 Å². The number of hydrogen-bond acceptors (Lipinski definition) is 1. The average Bonchev–Trinajstić information content (AvgIpc) is 2.40. The molecule has 14 heavy (non-hydrogen) atoms. The average molecular weight is 192 g/mol. The van der Waals surface area contributed by atoms with Gasteiger partial charge in [-0.15, -0.1) is 0 Å². The highest BCUT2D eigenvalue weighted by Crippen LogP contribution is 2.56. The molecule has 0 radical (unpaired) electrons. The van der Waals surface area contributed by atoms with Crippen LogP contribution in [-0.2, 0) is 0 Å². The fourth-order valence-corrected chi connectivity index (χ4v) is 3.06. The van der Waals surface area contributed by atoms with E-state index in [9.17, 15) is 5.11 Å². The Labute approximate surface area is 86.5 Å². The van der Waals surface area contributed by atoms with Crippen molar-refractivity contribution in [1.29, 1.82) is 0 Å². The Morgan fingerprint density at radius 2 is 1.93 bits per heavy atom. The molecule has 78 valence electrons. The molecule has 2 aliphatic carbocycles. The second-order valence-corrected chi connectivity index (χ2v) is 5.57. The maximum absolute atomic E-state index is 10.2. The molecule has 1 saturated carbocycles. The van der Waals surface area contributed by atoms with Crippen molar-refractivity contribution >= 4 is 0 Å². The number of rotatable bonds is 0. The second-order valence-electron chi connectivity index (χ2n) is 5.57. The van der Waals surface area contributed by atoms with Gasteiger partial charge in [0.1, 0.15) is 0 Å². The zero-order valence-corrected chi connectivity index (χ0v) is 9.59. The van der Waals surface area contributed by atoms with Crippen LogP contribution < -0.4 is 0 Å². The summed E-state index contributed by atoms with van der Waals surface area (Å²) in [5.41, 5.74) is 2.90. The Kier molecular flexibility index (Phi) is 1.94. The lowest BCUT2D eigenvalue weighted by atomic mass is 9.58. The molecule has 0 spiro atoms. The molecule has 0 aromatic heterocycles. The number of aliphatic hydroxyl groups is 1. The summed E-state index contributed by atoms with van der Waals surface area (Å²) in [6, 6.07) is 0. The number of hydrogen-bond donors (Lipinski definition) is 1. The van der Waals surface area contributed by atoms with Crippen molar-refractivity contribution in [2.75, 3.05) is 0 Å². The van der Waals surface area contributed by atoms with E-state index in [-0.39, 0.29) is 16.9 Å². The molecule has 0 heterocycles. The Morgan fingerprint density at radius 3 is 2.50 bits per heavy atom. The first kappa shape index (κ1) is 9.97. The van der Waals surface area contributed by atoms with Gasteiger partial charge in [0.2, 0.25) is 0 Å². The second kappa shape index (κ2) is 2.73. The predicted molar refractivity (Wildman–Crippen MR) is 59.0 cm³/mol. The Morgan fingerprint density at radius 1 is 1.29 bits per heavy atom. The fourth-order valence-electron chi connectivity index (χ4n) is 3.06. The highest BCUT2D eigenvalue weighted by atomic mass is 16.3. The van der Waals surface area contributed by atoms with E-state index in [1.165, 1.54) is 11.1 Å². The van der Waals surface area contributed by atoms with Crippen LogP contribution in [-0.4, -0.2) is 11.2 Å². The minimum absolute atomic E-state index is 0.0816. The first-order chi connectivity index (χ1) is 6.39. The number of aliphatic hydroxyl groups excluding tert-OH is 1. The summed E-state index contributed by atoms with van der Waals surface area (Å²) >= 11 is 0. The van der Waals surface area contributed by atoms with Crippen LogP contribution in [0.4, 0.5) is 0 Å². The van der Waals surface area contributed by atoms with Gasteiger partial charge in [-0.3, -0.25) is 0 Å². The maximum Gasteiger partial charge on any atom is 0.0668 e. The van der Waals surface area contributed by atoms with Crippen molar-refractivity contribution in [3.63, 3.8) is 0 Å². The van der Waals surface area contributed by atoms with Gasteiger partial charge in [-0.2, -0.15) is 0 Å². The van der Waals surface area contributed by atoms with Gasteiger partial charge in [-0.05, 0) is 32.1 Å².